The second-order valence-electron chi connectivity index (χ2n) is 5.59. The van der Waals surface area contributed by atoms with Crippen molar-refractivity contribution in [3.63, 3.8) is 0 Å². The normalized spacial score (nSPS) is 17.8. The first-order valence-corrected chi connectivity index (χ1v) is 7.21. The number of rotatable bonds is 3. The van der Waals surface area contributed by atoms with E-state index in [0.29, 0.717) is 0 Å². The van der Waals surface area contributed by atoms with Gasteiger partial charge in [0.25, 0.3) is 0 Å². The minimum atomic E-state index is -0.393. The molecule has 0 saturated carbocycles. The van der Waals surface area contributed by atoms with Crippen LogP contribution in [0.4, 0.5) is 5.69 Å². The van der Waals surface area contributed by atoms with Gasteiger partial charge in [0.1, 0.15) is 0 Å². The van der Waals surface area contributed by atoms with Crippen LogP contribution >= 0.6 is 0 Å². The Labute approximate surface area is 115 Å². The predicted octanol–water partition coefficient (Wildman–Crippen LogP) is 2.65. The molecule has 1 aromatic rings. The van der Waals surface area contributed by atoms with Gasteiger partial charge < -0.3 is 10.6 Å². The number of benzene rings is 1. The van der Waals surface area contributed by atoms with Crippen LogP contribution in [0, 0.1) is 12.8 Å². The van der Waals surface area contributed by atoms with Gasteiger partial charge in [-0.3, -0.25) is 4.79 Å². The molecule has 19 heavy (non-hydrogen) atoms. The van der Waals surface area contributed by atoms with Gasteiger partial charge in [0.2, 0.25) is 5.91 Å². The maximum Gasteiger partial charge on any atom is 0.244 e. The number of aryl methyl sites for hydroxylation is 2. The summed E-state index contributed by atoms with van der Waals surface area (Å²) in [4.78, 5) is 14.5. The van der Waals surface area contributed by atoms with Crippen LogP contribution in [-0.4, -0.2) is 18.5 Å². The summed E-state index contributed by atoms with van der Waals surface area (Å²) in [5.41, 5.74) is 9.66. The van der Waals surface area contributed by atoms with Gasteiger partial charge in [-0.2, -0.15) is 0 Å². The molecule has 2 atom stereocenters. The van der Waals surface area contributed by atoms with Crippen molar-refractivity contribution in [1.29, 1.82) is 0 Å². The molecule has 1 heterocycles. The summed E-state index contributed by atoms with van der Waals surface area (Å²) < 4.78 is 0. The minimum Gasteiger partial charge on any atom is -0.320 e. The summed E-state index contributed by atoms with van der Waals surface area (Å²) >= 11 is 0. The number of carbonyl (C=O) groups excluding carboxylic acids is 1. The number of carbonyl (C=O) groups is 1. The highest BCUT2D eigenvalue weighted by molar-refractivity contribution is 5.99. The zero-order valence-corrected chi connectivity index (χ0v) is 12.1. The molecule has 1 aliphatic rings. The Kier molecular flexibility index (Phi) is 4.25. The van der Waals surface area contributed by atoms with Gasteiger partial charge in [-0.25, -0.2) is 0 Å². The van der Waals surface area contributed by atoms with Gasteiger partial charge in [0.15, 0.2) is 0 Å². The molecule has 3 nitrogen and oxygen atoms in total. The molecule has 1 aromatic carbocycles. The van der Waals surface area contributed by atoms with Gasteiger partial charge in [0.05, 0.1) is 6.04 Å². The fourth-order valence-electron chi connectivity index (χ4n) is 2.74. The minimum absolute atomic E-state index is 0.0737. The number of nitrogens with zero attached hydrogens (tertiary/aromatic N) is 1. The highest BCUT2D eigenvalue weighted by Crippen LogP contribution is 2.31. The molecule has 0 fully saturated rings. The molecule has 0 aromatic heterocycles. The van der Waals surface area contributed by atoms with Crippen molar-refractivity contribution in [2.24, 2.45) is 11.7 Å². The van der Waals surface area contributed by atoms with E-state index < -0.39 is 6.04 Å². The molecule has 104 valence electrons. The average Bonchev–Trinajstić information content (AvgIpc) is 2.44. The van der Waals surface area contributed by atoms with Crippen LogP contribution in [0.25, 0.3) is 0 Å². The van der Waals surface area contributed by atoms with Crippen LogP contribution in [0.2, 0.25) is 0 Å². The summed E-state index contributed by atoms with van der Waals surface area (Å²) in [6.45, 7) is 6.98. The molecule has 0 spiro atoms. The molecule has 2 rings (SSSR count). The lowest BCUT2D eigenvalue weighted by molar-refractivity contribution is -0.120. The molecular formula is C16H24N2O. The zero-order chi connectivity index (χ0) is 14.0. The maximum atomic E-state index is 12.6. The fourth-order valence-corrected chi connectivity index (χ4v) is 2.74. The number of nitrogens with two attached hydrogens (primary N) is 1. The van der Waals surface area contributed by atoms with Crippen molar-refractivity contribution in [3.05, 3.63) is 29.3 Å². The van der Waals surface area contributed by atoms with E-state index in [1.807, 2.05) is 11.8 Å². The molecule has 0 aliphatic carbocycles. The van der Waals surface area contributed by atoms with E-state index in [-0.39, 0.29) is 11.8 Å². The first kappa shape index (κ1) is 14.1. The first-order chi connectivity index (χ1) is 9.06. The van der Waals surface area contributed by atoms with Crippen molar-refractivity contribution in [2.75, 3.05) is 11.4 Å². The second-order valence-corrected chi connectivity index (χ2v) is 5.59. The Morgan fingerprint density at radius 1 is 1.47 bits per heavy atom. The molecule has 1 unspecified atom stereocenters. The molecule has 0 radical (unpaired) electrons. The molecule has 1 aliphatic heterocycles. The smallest absolute Gasteiger partial charge is 0.244 e. The van der Waals surface area contributed by atoms with E-state index in [2.05, 4.69) is 32.0 Å². The first-order valence-electron chi connectivity index (χ1n) is 7.21. The summed E-state index contributed by atoms with van der Waals surface area (Å²) in [6, 6.07) is 5.86. The topological polar surface area (TPSA) is 46.3 Å². The number of amides is 1. The van der Waals surface area contributed by atoms with Crippen molar-refractivity contribution in [3.8, 4) is 0 Å². The number of hydrogen-bond acceptors (Lipinski definition) is 2. The summed E-state index contributed by atoms with van der Waals surface area (Å²) in [7, 11) is 0. The Bertz CT molecular complexity index is 470. The molecule has 2 N–H and O–H groups in total. The van der Waals surface area contributed by atoms with E-state index >= 15 is 0 Å². The third kappa shape index (κ3) is 2.66. The number of fused-ring (bicyclic) bond motifs is 1. The van der Waals surface area contributed by atoms with Gasteiger partial charge in [-0.05, 0) is 36.8 Å². The van der Waals surface area contributed by atoms with Crippen molar-refractivity contribution in [1.82, 2.24) is 0 Å². The van der Waals surface area contributed by atoms with Crippen LogP contribution in [0.15, 0.2) is 18.2 Å². The van der Waals surface area contributed by atoms with Gasteiger partial charge >= 0.3 is 0 Å². The Morgan fingerprint density at radius 2 is 2.21 bits per heavy atom. The summed E-state index contributed by atoms with van der Waals surface area (Å²) in [6.07, 6.45) is 3.01. The van der Waals surface area contributed by atoms with E-state index in [4.69, 9.17) is 5.73 Å². The van der Waals surface area contributed by atoms with Crippen molar-refractivity contribution >= 4 is 11.6 Å². The highest BCUT2D eigenvalue weighted by atomic mass is 16.2. The highest BCUT2D eigenvalue weighted by Gasteiger charge is 2.29. The van der Waals surface area contributed by atoms with Crippen molar-refractivity contribution in [2.45, 2.75) is 46.1 Å². The lowest BCUT2D eigenvalue weighted by atomic mass is 9.94. The Balaban J connectivity index is 2.31. The largest absolute Gasteiger partial charge is 0.320 e. The molecule has 3 heteroatoms. The lowest BCUT2D eigenvalue weighted by Gasteiger charge is -2.34. The van der Waals surface area contributed by atoms with Crippen LogP contribution in [0.1, 0.15) is 37.8 Å². The third-order valence-electron chi connectivity index (χ3n) is 4.23. The fraction of sp³-hybridized carbons (Fsp3) is 0.562. The molecular weight excluding hydrogens is 236 g/mol. The van der Waals surface area contributed by atoms with Crippen molar-refractivity contribution < 1.29 is 4.79 Å². The number of hydrogen-bond donors (Lipinski definition) is 1. The van der Waals surface area contributed by atoms with E-state index in [0.717, 1.165) is 31.5 Å². The second kappa shape index (κ2) is 5.74. The van der Waals surface area contributed by atoms with Crippen LogP contribution in [0.3, 0.4) is 0 Å². The quantitative estimate of drug-likeness (QED) is 0.908. The zero-order valence-electron chi connectivity index (χ0n) is 12.1. The van der Waals surface area contributed by atoms with Crippen LogP contribution < -0.4 is 10.6 Å². The Morgan fingerprint density at radius 3 is 2.89 bits per heavy atom. The standard InChI is InChI=1S/C16H24N2O/c1-4-11(2)14(17)16(19)18-10-6-9-13-8-5-7-12(3)15(13)18/h5,7-8,11,14H,4,6,9-10,17H2,1-3H3/t11?,14-/m0/s1. The van der Waals surface area contributed by atoms with E-state index in [9.17, 15) is 4.79 Å². The summed E-state index contributed by atoms with van der Waals surface area (Å²) in [5.74, 6) is 0.298. The molecule has 0 bridgehead atoms. The number of para-hydroxylation sites is 1. The predicted molar refractivity (Wildman–Crippen MR) is 79.3 cm³/mol. The summed E-state index contributed by atoms with van der Waals surface area (Å²) in [5, 5.41) is 0. The van der Waals surface area contributed by atoms with E-state index in [1.165, 1.54) is 11.1 Å². The number of anilines is 1. The lowest BCUT2D eigenvalue weighted by Crippen LogP contribution is -2.49. The van der Waals surface area contributed by atoms with Gasteiger partial charge in [-0.15, -0.1) is 0 Å². The van der Waals surface area contributed by atoms with E-state index in [1.54, 1.807) is 0 Å². The Hall–Kier alpha value is -1.35. The monoisotopic (exact) mass is 260 g/mol. The van der Waals surface area contributed by atoms with Gasteiger partial charge in [-0.1, -0.05) is 38.5 Å². The third-order valence-corrected chi connectivity index (χ3v) is 4.23. The van der Waals surface area contributed by atoms with Gasteiger partial charge in [0, 0.05) is 12.2 Å². The van der Waals surface area contributed by atoms with Crippen LogP contribution in [-0.2, 0) is 11.2 Å². The molecule has 1 amide bonds. The maximum absolute atomic E-state index is 12.6. The average molecular weight is 260 g/mol. The van der Waals surface area contributed by atoms with Crippen LogP contribution in [0.5, 0.6) is 0 Å². The molecule has 0 saturated heterocycles. The SMILES string of the molecule is CCC(C)[C@H](N)C(=O)N1CCCc2cccc(C)c21.